The summed E-state index contributed by atoms with van der Waals surface area (Å²) >= 11 is 0. The molecule has 0 N–H and O–H groups in total. The van der Waals surface area contributed by atoms with Gasteiger partial charge >= 0.3 is 5.97 Å². The van der Waals surface area contributed by atoms with Gasteiger partial charge in [-0.25, -0.2) is 9.18 Å². The molecule has 1 aliphatic carbocycles. The second-order valence-electron chi connectivity index (χ2n) is 7.30. The monoisotopic (exact) mass is 353 g/mol. The van der Waals surface area contributed by atoms with Crippen molar-refractivity contribution in [3.8, 4) is 0 Å². The maximum atomic E-state index is 13.3. The molecule has 2 amide bonds. The number of hydrogen-bond acceptors (Lipinski definition) is 4. The summed E-state index contributed by atoms with van der Waals surface area (Å²) in [7, 11) is 0. The number of carbonyl (C=O) groups is 3. The minimum Gasteiger partial charge on any atom is -0.329 e. The molecule has 4 rings (SSSR count). The summed E-state index contributed by atoms with van der Waals surface area (Å²) in [6.45, 7) is 3.78. The van der Waals surface area contributed by atoms with Crippen LogP contribution in [0.2, 0.25) is 0 Å². The van der Waals surface area contributed by atoms with Crippen LogP contribution in [-0.4, -0.2) is 22.8 Å². The third kappa shape index (κ3) is 2.11. The van der Waals surface area contributed by atoms with Gasteiger partial charge in [-0.15, -0.1) is 0 Å². The molecule has 1 atom stereocenters. The van der Waals surface area contributed by atoms with E-state index in [4.69, 9.17) is 4.84 Å². The number of imide groups is 1. The fraction of sp³-hybridized carbons (Fsp3) is 0.250. The molecule has 1 fully saturated rings. The fourth-order valence-electron chi connectivity index (χ4n) is 3.72. The highest BCUT2D eigenvalue weighted by Gasteiger charge is 2.69. The Morgan fingerprint density at radius 3 is 1.96 bits per heavy atom. The molecule has 1 aliphatic heterocycles. The molecular weight excluding hydrogens is 337 g/mol. The Bertz CT molecular complexity index is 916. The van der Waals surface area contributed by atoms with E-state index in [1.54, 1.807) is 12.1 Å². The first-order valence-electron chi connectivity index (χ1n) is 8.24. The molecule has 1 heterocycles. The molecule has 1 saturated carbocycles. The van der Waals surface area contributed by atoms with E-state index in [9.17, 15) is 18.8 Å². The van der Waals surface area contributed by atoms with Gasteiger partial charge in [0.1, 0.15) is 11.2 Å². The van der Waals surface area contributed by atoms with Crippen molar-refractivity contribution in [2.45, 2.75) is 25.7 Å². The van der Waals surface area contributed by atoms with E-state index in [0.29, 0.717) is 17.0 Å². The van der Waals surface area contributed by atoms with Gasteiger partial charge in [0.2, 0.25) is 0 Å². The third-order valence-corrected chi connectivity index (χ3v) is 5.35. The number of halogens is 1. The van der Waals surface area contributed by atoms with Crippen molar-refractivity contribution in [2.24, 2.45) is 5.41 Å². The first kappa shape index (κ1) is 16.4. The zero-order valence-corrected chi connectivity index (χ0v) is 14.3. The Labute approximate surface area is 149 Å². The number of fused-ring (bicyclic) bond motifs is 1. The molecule has 2 aromatic carbocycles. The van der Waals surface area contributed by atoms with E-state index < -0.39 is 34.4 Å². The van der Waals surface area contributed by atoms with Gasteiger partial charge in [-0.2, -0.15) is 0 Å². The molecule has 2 aromatic rings. The zero-order valence-electron chi connectivity index (χ0n) is 14.3. The van der Waals surface area contributed by atoms with Crippen molar-refractivity contribution in [1.29, 1.82) is 0 Å². The number of benzene rings is 2. The lowest BCUT2D eigenvalue weighted by Gasteiger charge is -2.22. The van der Waals surface area contributed by atoms with Crippen LogP contribution in [-0.2, 0) is 15.0 Å². The van der Waals surface area contributed by atoms with E-state index in [1.807, 2.05) is 13.8 Å². The van der Waals surface area contributed by atoms with Gasteiger partial charge in [-0.1, -0.05) is 43.2 Å². The highest BCUT2D eigenvalue weighted by atomic mass is 19.1. The van der Waals surface area contributed by atoms with Gasteiger partial charge in [0.05, 0.1) is 11.1 Å². The SMILES string of the molecule is CC1(C)CC1(C(=O)ON1C(=O)c2ccccc2C1=O)c1ccc(F)cc1. The van der Waals surface area contributed by atoms with Crippen LogP contribution in [0.5, 0.6) is 0 Å². The van der Waals surface area contributed by atoms with E-state index in [1.165, 1.54) is 36.4 Å². The van der Waals surface area contributed by atoms with Crippen LogP contribution >= 0.6 is 0 Å². The van der Waals surface area contributed by atoms with Gasteiger partial charge in [-0.05, 0) is 41.7 Å². The minimum atomic E-state index is -1.02. The van der Waals surface area contributed by atoms with Gasteiger partial charge in [0, 0.05) is 0 Å². The van der Waals surface area contributed by atoms with E-state index in [-0.39, 0.29) is 11.1 Å². The Kier molecular flexibility index (Phi) is 3.31. The molecule has 0 aromatic heterocycles. The second-order valence-corrected chi connectivity index (χ2v) is 7.30. The van der Waals surface area contributed by atoms with Gasteiger partial charge < -0.3 is 4.84 Å². The quantitative estimate of drug-likeness (QED) is 0.795. The summed E-state index contributed by atoms with van der Waals surface area (Å²) in [4.78, 5) is 43.1. The molecule has 132 valence electrons. The predicted molar refractivity (Wildman–Crippen MR) is 89.5 cm³/mol. The highest BCUT2D eigenvalue weighted by Crippen LogP contribution is 2.65. The maximum Gasteiger partial charge on any atom is 0.344 e. The average molecular weight is 353 g/mol. The van der Waals surface area contributed by atoms with E-state index in [2.05, 4.69) is 0 Å². The largest absolute Gasteiger partial charge is 0.344 e. The summed E-state index contributed by atoms with van der Waals surface area (Å²) in [5, 5.41) is 0.521. The number of rotatable bonds is 3. The lowest BCUT2D eigenvalue weighted by atomic mass is 9.88. The minimum absolute atomic E-state index is 0.205. The van der Waals surface area contributed by atoms with Crippen molar-refractivity contribution >= 4 is 17.8 Å². The summed E-state index contributed by atoms with van der Waals surface area (Å²) < 4.78 is 13.3. The molecule has 0 radical (unpaired) electrons. The standard InChI is InChI=1S/C20H16FNO4/c1-19(2)11-20(19,12-7-9-13(21)10-8-12)18(25)26-22-16(23)14-5-3-4-6-15(14)17(22)24/h3-10H,11H2,1-2H3. The Morgan fingerprint density at radius 1 is 1.00 bits per heavy atom. The van der Waals surface area contributed by atoms with Gasteiger partial charge in [-0.3, -0.25) is 9.59 Å². The van der Waals surface area contributed by atoms with Crippen LogP contribution in [0.3, 0.4) is 0 Å². The summed E-state index contributed by atoms with van der Waals surface area (Å²) in [6, 6.07) is 11.9. The Hall–Kier alpha value is -3.02. The molecule has 2 aliphatic rings. The topological polar surface area (TPSA) is 63.7 Å². The number of nitrogens with zero attached hydrogens (tertiary/aromatic N) is 1. The second kappa shape index (κ2) is 5.24. The van der Waals surface area contributed by atoms with Crippen molar-refractivity contribution < 1.29 is 23.6 Å². The molecule has 6 heteroatoms. The molecule has 1 unspecified atom stereocenters. The molecule has 5 nitrogen and oxygen atoms in total. The first-order chi connectivity index (χ1) is 12.3. The third-order valence-electron chi connectivity index (χ3n) is 5.35. The maximum absolute atomic E-state index is 13.3. The van der Waals surface area contributed by atoms with Crippen LogP contribution in [0.4, 0.5) is 4.39 Å². The number of hydrogen-bond donors (Lipinski definition) is 0. The van der Waals surface area contributed by atoms with Gasteiger partial charge in [0.15, 0.2) is 0 Å². The van der Waals surface area contributed by atoms with Crippen molar-refractivity contribution in [3.05, 3.63) is 71.0 Å². The summed E-state index contributed by atoms with van der Waals surface area (Å²) in [6.07, 6.45) is 0.480. The van der Waals surface area contributed by atoms with Crippen LogP contribution in [0, 0.1) is 11.2 Å². The van der Waals surface area contributed by atoms with Crippen LogP contribution in [0.25, 0.3) is 0 Å². The Balaban J connectivity index is 1.65. The number of hydroxylamine groups is 2. The molecule has 0 spiro atoms. The molecule has 0 bridgehead atoms. The normalized spacial score (nSPS) is 23.0. The predicted octanol–water partition coefficient (Wildman–Crippen LogP) is 3.25. The molecular formula is C20H16FNO4. The van der Waals surface area contributed by atoms with Crippen molar-refractivity contribution in [2.75, 3.05) is 0 Å². The first-order valence-corrected chi connectivity index (χ1v) is 8.24. The summed E-state index contributed by atoms with van der Waals surface area (Å²) in [5.41, 5.74) is -0.436. The molecule has 26 heavy (non-hydrogen) atoms. The van der Waals surface area contributed by atoms with E-state index >= 15 is 0 Å². The van der Waals surface area contributed by atoms with Crippen LogP contribution < -0.4 is 0 Å². The lowest BCUT2D eigenvalue weighted by molar-refractivity contribution is -0.173. The highest BCUT2D eigenvalue weighted by molar-refractivity contribution is 6.21. The summed E-state index contributed by atoms with van der Waals surface area (Å²) in [5.74, 6) is -2.42. The van der Waals surface area contributed by atoms with Crippen molar-refractivity contribution in [1.82, 2.24) is 5.06 Å². The molecule has 0 saturated heterocycles. The van der Waals surface area contributed by atoms with E-state index in [0.717, 1.165) is 0 Å². The van der Waals surface area contributed by atoms with Crippen molar-refractivity contribution in [3.63, 3.8) is 0 Å². The van der Waals surface area contributed by atoms with Gasteiger partial charge in [0.25, 0.3) is 11.8 Å². The zero-order chi connectivity index (χ0) is 18.7. The number of amides is 2. The smallest absolute Gasteiger partial charge is 0.329 e. The van der Waals surface area contributed by atoms with Crippen LogP contribution in [0.1, 0.15) is 46.5 Å². The Morgan fingerprint density at radius 2 is 1.50 bits per heavy atom. The fourth-order valence-corrected chi connectivity index (χ4v) is 3.72. The average Bonchev–Trinajstić information content (AvgIpc) is 3.14. The van der Waals surface area contributed by atoms with Crippen LogP contribution in [0.15, 0.2) is 48.5 Å². The number of carbonyl (C=O) groups excluding carboxylic acids is 3. The lowest BCUT2D eigenvalue weighted by Crippen LogP contribution is -2.38.